The van der Waals surface area contributed by atoms with Gasteiger partial charge >= 0.3 is 17.9 Å². The molecule has 6 nitrogen and oxygen atoms in total. The quantitative estimate of drug-likeness (QED) is 0.513. The minimum atomic E-state index is -0.247. The van der Waals surface area contributed by atoms with Crippen molar-refractivity contribution in [2.75, 3.05) is 0 Å². The number of carbonyl (C=O) groups is 3. The van der Waals surface area contributed by atoms with Crippen LogP contribution in [0.15, 0.2) is 0 Å². The maximum Gasteiger partial charge on any atom is 0.306 e. The predicted molar refractivity (Wildman–Crippen MR) is 105 cm³/mol. The summed E-state index contributed by atoms with van der Waals surface area (Å²) in [7, 11) is 0. The van der Waals surface area contributed by atoms with Crippen LogP contribution in [0.5, 0.6) is 0 Å². The summed E-state index contributed by atoms with van der Waals surface area (Å²) in [5.74, 6) is 0.120. The van der Waals surface area contributed by atoms with Gasteiger partial charge in [0.2, 0.25) is 0 Å². The minimum absolute atomic E-state index is 0.00826. The Labute approximate surface area is 173 Å². The molecule has 3 saturated carbocycles. The summed E-state index contributed by atoms with van der Waals surface area (Å²) >= 11 is 0. The van der Waals surface area contributed by atoms with Crippen LogP contribution in [-0.2, 0) is 28.6 Å². The van der Waals surface area contributed by atoms with Crippen LogP contribution in [0.25, 0.3) is 0 Å². The largest absolute Gasteiger partial charge is 0.463 e. The molecule has 0 aromatic heterocycles. The molecule has 162 valence electrons. The Morgan fingerprint density at radius 3 is 2.28 bits per heavy atom. The molecule has 4 fully saturated rings. The van der Waals surface area contributed by atoms with E-state index in [1.165, 1.54) is 13.8 Å². The molecule has 0 bridgehead atoms. The van der Waals surface area contributed by atoms with Crippen molar-refractivity contribution in [2.45, 2.75) is 97.4 Å². The Balaban J connectivity index is 1.59. The van der Waals surface area contributed by atoms with Crippen molar-refractivity contribution >= 4 is 17.9 Å². The smallest absolute Gasteiger partial charge is 0.306 e. The molecule has 8 atom stereocenters. The Morgan fingerprint density at radius 2 is 1.59 bits per heavy atom. The number of hydrogen-bond donors (Lipinski definition) is 0. The molecule has 0 radical (unpaired) electrons. The average molecular weight is 407 g/mol. The van der Waals surface area contributed by atoms with E-state index in [0.29, 0.717) is 12.3 Å². The van der Waals surface area contributed by atoms with E-state index in [2.05, 4.69) is 13.8 Å². The first kappa shape index (κ1) is 20.7. The van der Waals surface area contributed by atoms with Crippen molar-refractivity contribution in [3.63, 3.8) is 0 Å². The Bertz CT molecular complexity index is 703. The van der Waals surface area contributed by atoms with Crippen molar-refractivity contribution in [3.8, 4) is 0 Å². The SMILES string of the molecule is CC(=O)O[C@H]1CC[C@]2(C)[C@H](CC(=O)O[C@H]3[C@H]4CC[C@H](OC(C)=O)[C@]4(C)CC[C@H]32)C1. The van der Waals surface area contributed by atoms with Gasteiger partial charge in [-0.3, -0.25) is 14.4 Å². The lowest BCUT2D eigenvalue weighted by atomic mass is 9.52. The topological polar surface area (TPSA) is 78.9 Å². The van der Waals surface area contributed by atoms with Crippen LogP contribution < -0.4 is 0 Å². The molecule has 1 aliphatic heterocycles. The van der Waals surface area contributed by atoms with Crippen LogP contribution >= 0.6 is 0 Å². The third kappa shape index (κ3) is 3.46. The van der Waals surface area contributed by atoms with Crippen molar-refractivity contribution in [3.05, 3.63) is 0 Å². The number of carbonyl (C=O) groups excluding carboxylic acids is 3. The summed E-state index contributed by atoms with van der Waals surface area (Å²) < 4.78 is 17.3. The van der Waals surface area contributed by atoms with E-state index in [1.54, 1.807) is 0 Å². The summed E-state index contributed by atoms with van der Waals surface area (Å²) in [4.78, 5) is 35.8. The first-order valence-electron chi connectivity index (χ1n) is 11.2. The molecule has 3 aliphatic carbocycles. The molecule has 0 amide bonds. The van der Waals surface area contributed by atoms with E-state index < -0.39 is 0 Å². The first-order valence-corrected chi connectivity index (χ1v) is 11.2. The van der Waals surface area contributed by atoms with E-state index in [4.69, 9.17) is 14.2 Å². The van der Waals surface area contributed by atoms with Crippen molar-refractivity contribution < 1.29 is 28.6 Å². The molecule has 0 spiro atoms. The maximum absolute atomic E-state index is 12.8. The fourth-order valence-corrected chi connectivity index (χ4v) is 7.22. The molecule has 4 aliphatic rings. The molecular formula is C23H34O6. The molecular weight excluding hydrogens is 372 g/mol. The van der Waals surface area contributed by atoms with Crippen LogP contribution in [0, 0.1) is 28.6 Å². The highest BCUT2D eigenvalue weighted by Crippen LogP contribution is 2.62. The zero-order valence-corrected chi connectivity index (χ0v) is 18.1. The van der Waals surface area contributed by atoms with Gasteiger partial charge in [-0.25, -0.2) is 0 Å². The van der Waals surface area contributed by atoms with Gasteiger partial charge in [0.05, 0.1) is 0 Å². The van der Waals surface area contributed by atoms with E-state index in [9.17, 15) is 14.4 Å². The van der Waals surface area contributed by atoms with E-state index in [0.717, 1.165) is 44.9 Å². The normalized spacial score (nSPS) is 46.4. The Hall–Kier alpha value is -1.59. The minimum Gasteiger partial charge on any atom is -0.463 e. The summed E-state index contributed by atoms with van der Waals surface area (Å²) in [5, 5.41) is 0. The third-order valence-corrected chi connectivity index (χ3v) is 8.76. The maximum atomic E-state index is 12.8. The van der Waals surface area contributed by atoms with Crippen molar-refractivity contribution in [1.82, 2.24) is 0 Å². The molecule has 29 heavy (non-hydrogen) atoms. The van der Waals surface area contributed by atoms with Crippen molar-refractivity contribution in [1.29, 1.82) is 0 Å². The number of ether oxygens (including phenoxy) is 3. The van der Waals surface area contributed by atoms with E-state index >= 15 is 0 Å². The lowest BCUT2D eigenvalue weighted by Gasteiger charge is -2.54. The van der Waals surface area contributed by atoms with E-state index in [-0.39, 0.29) is 58.9 Å². The van der Waals surface area contributed by atoms with Crippen LogP contribution in [-0.4, -0.2) is 36.2 Å². The van der Waals surface area contributed by atoms with Crippen LogP contribution in [0.4, 0.5) is 0 Å². The van der Waals surface area contributed by atoms with Gasteiger partial charge in [-0.2, -0.15) is 0 Å². The third-order valence-electron chi connectivity index (χ3n) is 8.76. The number of esters is 3. The highest BCUT2D eigenvalue weighted by Gasteiger charge is 2.62. The molecule has 1 saturated heterocycles. The Morgan fingerprint density at radius 1 is 0.931 bits per heavy atom. The zero-order valence-electron chi connectivity index (χ0n) is 18.1. The lowest BCUT2D eigenvalue weighted by Crippen LogP contribution is -2.54. The van der Waals surface area contributed by atoms with Gasteiger partial charge in [-0.15, -0.1) is 0 Å². The van der Waals surface area contributed by atoms with Crippen molar-refractivity contribution in [2.24, 2.45) is 28.6 Å². The monoisotopic (exact) mass is 406 g/mol. The van der Waals surface area contributed by atoms with Gasteiger partial charge in [-0.1, -0.05) is 13.8 Å². The fraction of sp³-hybridized carbons (Fsp3) is 0.870. The second-order valence-electron chi connectivity index (χ2n) is 10.3. The average Bonchev–Trinajstić information content (AvgIpc) is 2.88. The second-order valence-corrected chi connectivity index (χ2v) is 10.3. The summed E-state index contributed by atoms with van der Waals surface area (Å²) in [6, 6.07) is 0. The van der Waals surface area contributed by atoms with Gasteiger partial charge in [0.1, 0.15) is 18.3 Å². The zero-order chi connectivity index (χ0) is 21.0. The van der Waals surface area contributed by atoms with Gasteiger partial charge in [0.25, 0.3) is 0 Å². The molecule has 0 N–H and O–H groups in total. The predicted octanol–water partition coefficient (Wildman–Crippen LogP) is 3.80. The van der Waals surface area contributed by atoms with Gasteiger partial charge in [-0.05, 0) is 56.3 Å². The van der Waals surface area contributed by atoms with Crippen LogP contribution in [0.3, 0.4) is 0 Å². The van der Waals surface area contributed by atoms with E-state index in [1.807, 2.05) is 0 Å². The molecule has 0 aromatic carbocycles. The molecule has 6 heteroatoms. The lowest BCUT2D eigenvalue weighted by molar-refractivity contribution is -0.175. The molecule has 1 heterocycles. The van der Waals surface area contributed by atoms with Gasteiger partial charge < -0.3 is 14.2 Å². The van der Waals surface area contributed by atoms with Gasteiger partial charge in [0, 0.05) is 37.5 Å². The summed E-state index contributed by atoms with van der Waals surface area (Å²) in [6.45, 7) is 7.46. The fourth-order valence-electron chi connectivity index (χ4n) is 7.22. The molecule has 4 rings (SSSR count). The second kappa shape index (κ2) is 7.28. The molecule has 0 aromatic rings. The number of hydrogen-bond acceptors (Lipinski definition) is 6. The van der Waals surface area contributed by atoms with Gasteiger partial charge in [0.15, 0.2) is 0 Å². The highest BCUT2D eigenvalue weighted by atomic mass is 16.6. The highest BCUT2D eigenvalue weighted by molar-refractivity contribution is 5.71. The number of rotatable bonds is 2. The summed E-state index contributed by atoms with van der Waals surface area (Å²) in [5.41, 5.74) is -0.118. The summed E-state index contributed by atoms with van der Waals surface area (Å²) in [6.07, 6.45) is 6.40. The molecule has 0 unspecified atom stereocenters. The van der Waals surface area contributed by atoms with Crippen LogP contribution in [0.1, 0.15) is 79.1 Å². The first-order chi connectivity index (χ1) is 13.6. The number of fused-ring (bicyclic) bond motifs is 5. The van der Waals surface area contributed by atoms with Crippen LogP contribution in [0.2, 0.25) is 0 Å². The Kier molecular flexibility index (Phi) is 5.19. The standard InChI is InChI=1S/C23H34O6/c1-13(24)27-16-7-9-22(3)15(11-16)12-20(26)29-21-17-5-6-19(28-14(2)25)23(17,4)10-8-18(21)22/h15-19,21H,5-12H2,1-4H3/t15-,16-,17+,18+,19-,21-,22+,23+/m0/s1.